The molecule has 0 bridgehead atoms. The van der Waals surface area contributed by atoms with E-state index in [4.69, 9.17) is 23.2 Å². The van der Waals surface area contributed by atoms with Crippen molar-refractivity contribution in [1.82, 2.24) is 0 Å². The van der Waals surface area contributed by atoms with Gasteiger partial charge in [-0.05, 0) is 36.4 Å². The first kappa shape index (κ1) is 22.7. The van der Waals surface area contributed by atoms with Gasteiger partial charge in [0.25, 0.3) is 0 Å². The number of halogens is 2. The minimum Gasteiger partial charge on any atom is -0.255 e. The number of benzene rings is 4. The second-order valence-corrected chi connectivity index (χ2v) is 9.69. The van der Waals surface area contributed by atoms with Gasteiger partial charge in [-0.3, -0.25) is 9.98 Å². The molecule has 4 aromatic rings. The summed E-state index contributed by atoms with van der Waals surface area (Å²) in [4.78, 5) is 11.5. The standard InChI is InChI=1S/C26H18Cl2N2S2/c27-21-11-3-1-9-19(21)17-29-23-13-5-7-15-25(23)31-32-26-16-8-6-14-24(26)30-18-20-10-2-4-12-22(20)28/h1-18H. The van der Waals surface area contributed by atoms with Crippen LogP contribution in [-0.2, 0) is 0 Å². The lowest BCUT2D eigenvalue weighted by atomic mass is 10.2. The Kier molecular flexibility index (Phi) is 8.07. The Labute approximate surface area is 205 Å². The van der Waals surface area contributed by atoms with E-state index in [1.165, 1.54) is 0 Å². The summed E-state index contributed by atoms with van der Waals surface area (Å²) >= 11 is 12.5. The molecule has 32 heavy (non-hydrogen) atoms. The minimum absolute atomic E-state index is 0.682. The zero-order valence-corrected chi connectivity index (χ0v) is 20.0. The summed E-state index contributed by atoms with van der Waals surface area (Å²) in [5, 5.41) is 1.36. The van der Waals surface area contributed by atoms with Crippen LogP contribution in [0.1, 0.15) is 11.1 Å². The maximum absolute atomic E-state index is 6.25. The Hall–Kier alpha value is -2.50. The number of nitrogens with zero attached hydrogens (tertiary/aromatic N) is 2. The molecule has 0 saturated carbocycles. The first-order chi connectivity index (χ1) is 15.7. The Morgan fingerprint density at radius 2 is 0.875 bits per heavy atom. The summed E-state index contributed by atoms with van der Waals surface area (Å²) < 4.78 is 0. The minimum atomic E-state index is 0.682. The molecule has 0 atom stereocenters. The van der Waals surface area contributed by atoms with Crippen molar-refractivity contribution in [3.05, 3.63) is 118 Å². The van der Waals surface area contributed by atoms with Gasteiger partial charge in [-0.15, -0.1) is 0 Å². The summed E-state index contributed by atoms with van der Waals surface area (Å²) in [5.74, 6) is 0. The number of rotatable bonds is 7. The summed E-state index contributed by atoms with van der Waals surface area (Å²) in [6.45, 7) is 0. The van der Waals surface area contributed by atoms with Crippen molar-refractivity contribution in [2.45, 2.75) is 9.79 Å². The highest BCUT2D eigenvalue weighted by Gasteiger charge is 2.07. The van der Waals surface area contributed by atoms with Crippen molar-refractivity contribution in [2.24, 2.45) is 9.98 Å². The van der Waals surface area contributed by atoms with E-state index in [0.717, 1.165) is 32.3 Å². The van der Waals surface area contributed by atoms with Crippen LogP contribution in [0.5, 0.6) is 0 Å². The molecular formula is C26H18Cl2N2S2. The lowest BCUT2D eigenvalue weighted by Crippen LogP contribution is -1.82. The topological polar surface area (TPSA) is 24.7 Å². The normalized spacial score (nSPS) is 11.4. The molecule has 0 saturated heterocycles. The van der Waals surface area contributed by atoms with Gasteiger partial charge in [0, 0.05) is 43.4 Å². The van der Waals surface area contributed by atoms with E-state index in [1.807, 2.05) is 84.9 Å². The third-order valence-electron chi connectivity index (χ3n) is 4.45. The third kappa shape index (κ3) is 6.05. The van der Waals surface area contributed by atoms with Crippen LogP contribution in [0.3, 0.4) is 0 Å². The van der Waals surface area contributed by atoms with E-state index < -0.39 is 0 Å². The highest BCUT2D eigenvalue weighted by Crippen LogP contribution is 2.44. The average molecular weight is 493 g/mol. The van der Waals surface area contributed by atoms with Gasteiger partial charge in [-0.25, -0.2) is 0 Å². The van der Waals surface area contributed by atoms with Gasteiger partial charge in [0.05, 0.1) is 11.4 Å². The molecule has 0 aromatic heterocycles. The maximum atomic E-state index is 6.25. The average Bonchev–Trinajstić information content (AvgIpc) is 2.83. The van der Waals surface area contributed by atoms with E-state index in [0.29, 0.717) is 10.0 Å². The largest absolute Gasteiger partial charge is 0.255 e. The smallest absolute Gasteiger partial charge is 0.0774 e. The highest BCUT2D eigenvalue weighted by atomic mass is 35.5. The third-order valence-corrected chi connectivity index (χ3v) is 7.60. The van der Waals surface area contributed by atoms with E-state index in [1.54, 1.807) is 34.0 Å². The van der Waals surface area contributed by atoms with Crippen LogP contribution in [0.15, 0.2) is 117 Å². The van der Waals surface area contributed by atoms with Gasteiger partial charge in [0.1, 0.15) is 0 Å². The summed E-state index contributed by atoms with van der Waals surface area (Å²) in [7, 11) is 3.30. The molecule has 0 unspecified atom stereocenters. The number of aliphatic imine (C=N–C) groups is 2. The first-order valence-corrected chi connectivity index (χ1v) is 12.7. The SMILES string of the molecule is Clc1ccccc1C=Nc1ccccc1SSc1ccccc1N=Cc1ccccc1Cl. The first-order valence-electron chi connectivity index (χ1n) is 9.80. The molecule has 0 aliphatic carbocycles. The van der Waals surface area contributed by atoms with E-state index in [-0.39, 0.29) is 0 Å². The molecule has 0 fully saturated rings. The molecule has 4 aromatic carbocycles. The van der Waals surface area contributed by atoms with Gasteiger partial charge in [0.2, 0.25) is 0 Å². The van der Waals surface area contributed by atoms with Crippen molar-refractivity contribution in [2.75, 3.05) is 0 Å². The number of hydrogen-bond acceptors (Lipinski definition) is 4. The van der Waals surface area contributed by atoms with Gasteiger partial charge >= 0.3 is 0 Å². The lowest BCUT2D eigenvalue weighted by molar-refractivity contribution is 1.38. The van der Waals surface area contributed by atoms with Crippen molar-refractivity contribution in [1.29, 1.82) is 0 Å². The lowest BCUT2D eigenvalue weighted by Gasteiger charge is -2.07. The zero-order valence-electron chi connectivity index (χ0n) is 16.9. The number of para-hydroxylation sites is 2. The molecule has 0 spiro atoms. The van der Waals surface area contributed by atoms with Crippen molar-refractivity contribution in [3.8, 4) is 0 Å². The van der Waals surface area contributed by atoms with Gasteiger partial charge in [-0.1, -0.05) is 105 Å². The summed E-state index contributed by atoms with van der Waals surface area (Å²) in [5.41, 5.74) is 3.56. The molecule has 0 aliphatic heterocycles. The van der Waals surface area contributed by atoms with Crippen LogP contribution < -0.4 is 0 Å². The quantitative estimate of drug-likeness (QED) is 0.189. The predicted molar refractivity (Wildman–Crippen MR) is 142 cm³/mol. The second-order valence-electron chi connectivity index (χ2n) is 6.66. The second kappa shape index (κ2) is 11.4. The molecule has 2 nitrogen and oxygen atoms in total. The van der Waals surface area contributed by atoms with E-state index in [2.05, 4.69) is 22.1 Å². The molecule has 158 valence electrons. The predicted octanol–water partition coefficient (Wildman–Crippen LogP) is 9.29. The summed E-state index contributed by atoms with van der Waals surface area (Å²) in [6, 6.07) is 31.4. The van der Waals surface area contributed by atoms with Crippen LogP contribution in [0.4, 0.5) is 11.4 Å². The fourth-order valence-electron chi connectivity index (χ4n) is 2.80. The van der Waals surface area contributed by atoms with Crippen molar-refractivity contribution >= 4 is 68.6 Å². The fourth-order valence-corrected chi connectivity index (χ4v) is 5.41. The molecule has 0 heterocycles. The van der Waals surface area contributed by atoms with Gasteiger partial charge in [-0.2, -0.15) is 0 Å². The van der Waals surface area contributed by atoms with Crippen molar-refractivity contribution < 1.29 is 0 Å². The molecule has 0 amide bonds. The van der Waals surface area contributed by atoms with Crippen molar-refractivity contribution in [3.63, 3.8) is 0 Å². The Morgan fingerprint density at radius 1 is 0.500 bits per heavy atom. The van der Waals surface area contributed by atoms with Crippen LogP contribution in [0, 0.1) is 0 Å². The van der Waals surface area contributed by atoms with Crippen LogP contribution in [-0.4, -0.2) is 12.4 Å². The molecule has 0 N–H and O–H groups in total. The van der Waals surface area contributed by atoms with Crippen LogP contribution >= 0.6 is 44.8 Å². The molecule has 0 aliphatic rings. The Balaban J connectivity index is 1.52. The molecule has 0 radical (unpaired) electrons. The highest BCUT2D eigenvalue weighted by molar-refractivity contribution is 8.76. The van der Waals surface area contributed by atoms with E-state index >= 15 is 0 Å². The number of hydrogen-bond donors (Lipinski definition) is 0. The molecular weight excluding hydrogens is 475 g/mol. The maximum Gasteiger partial charge on any atom is 0.0774 e. The zero-order chi connectivity index (χ0) is 22.2. The van der Waals surface area contributed by atoms with Crippen LogP contribution in [0.2, 0.25) is 10.0 Å². The molecule has 4 rings (SSSR count). The van der Waals surface area contributed by atoms with Gasteiger partial charge in [0.15, 0.2) is 0 Å². The van der Waals surface area contributed by atoms with Crippen LogP contribution in [0.25, 0.3) is 0 Å². The fraction of sp³-hybridized carbons (Fsp3) is 0. The monoisotopic (exact) mass is 492 g/mol. The van der Waals surface area contributed by atoms with Gasteiger partial charge < -0.3 is 0 Å². The molecule has 6 heteroatoms. The van der Waals surface area contributed by atoms with E-state index in [9.17, 15) is 0 Å². The Morgan fingerprint density at radius 3 is 1.31 bits per heavy atom. The summed E-state index contributed by atoms with van der Waals surface area (Å²) in [6.07, 6.45) is 3.60. The Bertz CT molecular complexity index is 1170.